The molecule has 5 heteroatoms. The van der Waals surface area contributed by atoms with Gasteiger partial charge in [-0.2, -0.15) is 10.2 Å². The van der Waals surface area contributed by atoms with Crippen molar-refractivity contribution < 1.29 is 9.26 Å². The van der Waals surface area contributed by atoms with Crippen molar-refractivity contribution >= 4 is 0 Å². The molecule has 0 saturated heterocycles. The topological polar surface area (TPSA) is 71.9 Å². The molecule has 0 bridgehead atoms. The Morgan fingerprint density at radius 1 is 1.35 bits per heavy atom. The van der Waals surface area contributed by atoms with Crippen LogP contribution >= 0.6 is 0 Å². The molecule has 1 aromatic carbocycles. The second-order valence-electron chi connectivity index (χ2n) is 4.53. The summed E-state index contributed by atoms with van der Waals surface area (Å²) in [6.07, 6.45) is 0.119. The van der Waals surface area contributed by atoms with Gasteiger partial charge in [0.05, 0.1) is 12.0 Å². The van der Waals surface area contributed by atoms with Gasteiger partial charge in [-0.05, 0) is 19.4 Å². The van der Waals surface area contributed by atoms with Gasteiger partial charge in [0.15, 0.2) is 0 Å². The van der Waals surface area contributed by atoms with Crippen LogP contribution in [0.15, 0.2) is 34.9 Å². The van der Waals surface area contributed by atoms with Gasteiger partial charge in [-0.15, -0.1) is 0 Å². The molecule has 0 amide bonds. The van der Waals surface area contributed by atoms with Crippen molar-refractivity contribution in [3.8, 4) is 6.07 Å². The Labute approximate surface area is 118 Å². The summed E-state index contributed by atoms with van der Waals surface area (Å²) in [6, 6.07) is 11.9. The summed E-state index contributed by atoms with van der Waals surface area (Å²) in [7, 11) is 0. The minimum absolute atomic E-state index is 0.148. The third-order valence-corrected chi connectivity index (χ3v) is 2.86. The van der Waals surface area contributed by atoms with Crippen LogP contribution in [0.2, 0.25) is 0 Å². The van der Waals surface area contributed by atoms with Gasteiger partial charge in [0.1, 0.15) is 6.10 Å². The Morgan fingerprint density at radius 2 is 2.10 bits per heavy atom. The van der Waals surface area contributed by atoms with Gasteiger partial charge < -0.3 is 9.26 Å². The fraction of sp³-hybridized carbons (Fsp3) is 0.400. The normalized spacial score (nSPS) is 13.7. The summed E-state index contributed by atoms with van der Waals surface area (Å²) < 4.78 is 10.9. The van der Waals surface area contributed by atoms with E-state index in [0.29, 0.717) is 24.7 Å². The predicted octanol–water partition coefficient (Wildman–Crippen LogP) is 2.90. The molecule has 5 nitrogen and oxygen atoms in total. The quantitative estimate of drug-likeness (QED) is 0.807. The maximum atomic E-state index is 8.81. The van der Waals surface area contributed by atoms with Crippen LogP contribution in [-0.4, -0.2) is 16.7 Å². The highest BCUT2D eigenvalue weighted by atomic mass is 16.5. The standard InChI is InChI=1S/C15H17N3O2/c1-3-19-14(12-7-5-4-6-8-12)15-17-13(20-18-15)9-11(2)10-16/h4-8,11,14H,3,9H2,1-2H3. The minimum atomic E-state index is -0.337. The Balaban J connectivity index is 2.21. The van der Waals surface area contributed by atoms with E-state index in [2.05, 4.69) is 16.2 Å². The maximum absolute atomic E-state index is 8.81. The van der Waals surface area contributed by atoms with Crippen LogP contribution in [0.25, 0.3) is 0 Å². The first-order valence-corrected chi connectivity index (χ1v) is 6.63. The summed E-state index contributed by atoms with van der Waals surface area (Å²) in [5, 5.41) is 12.8. The fourth-order valence-corrected chi connectivity index (χ4v) is 1.88. The van der Waals surface area contributed by atoms with Crippen molar-refractivity contribution in [2.24, 2.45) is 5.92 Å². The van der Waals surface area contributed by atoms with Crippen molar-refractivity contribution in [2.45, 2.75) is 26.4 Å². The Kier molecular flexibility index (Phi) is 4.85. The van der Waals surface area contributed by atoms with Crippen molar-refractivity contribution in [1.29, 1.82) is 5.26 Å². The zero-order valence-electron chi connectivity index (χ0n) is 11.6. The van der Waals surface area contributed by atoms with Crippen molar-refractivity contribution in [1.82, 2.24) is 10.1 Å². The molecule has 0 aliphatic carbocycles. The summed E-state index contributed by atoms with van der Waals surface area (Å²) in [5.41, 5.74) is 0.982. The molecule has 20 heavy (non-hydrogen) atoms. The van der Waals surface area contributed by atoms with E-state index in [-0.39, 0.29) is 12.0 Å². The fourth-order valence-electron chi connectivity index (χ4n) is 1.88. The van der Waals surface area contributed by atoms with Gasteiger partial charge in [0, 0.05) is 13.0 Å². The number of nitrogens with zero attached hydrogens (tertiary/aromatic N) is 3. The average Bonchev–Trinajstić information content (AvgIpc) is 2.93. The van der Waals surface area contributed by atoms with Gasteiger partial charge in [0.25, 0.3) is 0 Å². The minimum Gasteiger partial charge on any atom is -0.366 e. The van der Waals surface area contributed by atoms with E-state index in [1.54, 1.807) is 0 Å². The SMILES string of the molecule is CCOC(c1ccccc1)c1noc(CC(C)C#N)n1. The van der Waals surface area contributed by atoms with E-state index in [1.165, 1.54) is 0 Å². The van der Waals surface area contributed by atoms with E-state index in [4.69, 9.17) is 14.5 Å². The van der Waals surface area contributed by atoms with Crippen LogP contribution in [-0.2, 0) is 11.2 Å². The first kappa shape index (κ1) is 14.2. The summed E-state index contributed by atoms with van der Waals surface area (Å²) in [4.78, 5) is 4.34. The van der Waals surface area contributed by atoms with E-state index in [1.807, 2.05) is 44.2 Å². The number of benzene rings is 1. The van der Waals surface area contributed by atoms with Gasteiger partial charge in [-0.25, -0.2) is 0 Å². The zero-order chi connectivity index (χ0) is 14.4. The number of hydrogen-bond acceptors (Lipinski definition) is 5. The molecular weight excluding hydrogens is 254 g/mol. The maximum Gasteiger partial charge on any atom is 0.228 e. The van der Waals surface area contributed by atoms with Crippen LogP contribution in [0.5, 0.6) is 0 Å². The lowest BCUT2D eigenvalue weighted by Crippen LogP contribution is -2.08. The van der Waals surface area contributed by atoms with Crippen molar-refractivity contribution in [3.63, 3.8) is 0 Å². The molecule has 0 fully saturated rings. The van der Waals surface area contributed by atoms with Gasteiger partial charge in [-0.1, -0.05) is 35.5 Å². The van der Waals surface area contributed by atoms with Crippen molar-refractivity contribution in [2.75, 3.05) is 6.61 Å². The Hall–Kier alpha value is -2.19. The molecular formula is C15H17N3O2. The number of aromatic nitrogens is 2. The monoisotopic (exact) mass is 271 g/mol. The zero-order valence-corrected chi connectivity index (χ0v) is 11.6. The van der Waals surface area contributed by atoms with Crippen LogP contribution in [0.1, 0.15) is 37.2 Å². The molecule has 104 valence electrons. The Morgan fingerprint density at radius 3 is 2.75 bits per heavy atom. The first-order valence-electron chi connectivity index (χ1n) is 6.63. The molecule has 0 radical (unpaired) electrons. The summed E-state index contributed by atoms with van der Waals surface area (Å²) in [6.45, 7) is 4.30. The summed E-state index contributed by atoms with van der Waals surface area (Å²) in [5.74, 6) is 0.818. The molecule has 2 aromatic rings. The highest BCUT2D eigenvalue weighted by molar-refractivity contribution is 5.22. The molecule has 2 rings (SSSR count). The van der Waals surface area contributed by atoms with Crippen LogP contribution in [0, 0.1) is 17.2 Å². The van der Waals surface area contributed by atoms with E-state index in [0.717, 1.165) is 5.56 Å². The highest BCUT2D eigenvalue weighted by Gasteiger charge is 2.21. The lowest BCUT2D eigenvalue weighted by molar-refractivity contribution is 0.0833. The van der Waals surface area contributed by atoms with Crippen LogP contribution < -0.4 is 0 Å². The molecule has 0 spiro atoms. The molecule has 0 N–H and O–H groups in total. The number of hydrogen-bond donors (Lipinski definition) is 0. The lowest BCUT2D eigenvalue weighted by Gasteiger charge is -2.13. The second-order valence-corrected chi connectivity index (χ2v) is 4.53. The average molecular weight is 271 g/mol. The molecule has 2 unspecified atom stereocenters. The van der Waals surface area contributed by atoms with Crippen molar-refractivity contribution in [3.05, 3.63) is 47.6 Å². The molecule has 1 aromatic heterocycles. The van der Waals surface area contributed by atoms with Gasteiger partial charge in [0.2, 0.25) is 11.7 Å². The van der Waals surface area contributed by atoms with E-state index in [9.17, 15) is 0 Å². The Bertz CT molecular complexity index is 574. The molecule has 0 aliphatic heterocycles. The first-order chi connectivity index (χ1) is 9.74. The third kappa shape index (κ3) is 3.43. The highest BCUT2D eigenvalue weighted by Crippen LogP contribution is 2.23. The molecule has 2 atom stereocenters. The summed E-state index contributed by atoms with van der Waals surface area (Å²) >= 11 is 0. The van der Waals surface area contributed by atoms with Gasteiger partial charge in [-0.3, -0.25) is 0 Å². The number of nitriles is 1. The molecule has 0 aliphatic rings. The molecule has 1 heterocycles. The van der Waals surface area contributed by atoms with E-state index < -0.39 is 0 Å². The van der Waals surface area contributed by atoms with E-state index >= 15 is 0 Å². The van der Waals surface area contributed by atoms with Gasteiger partial charge >= 0.3 is 0 Å². The largest absolute Gasteiger partial charge is 0.366 e. The smallest absolute Gasteiger partial charge is 0.228 e. The van der Waals surface area contributed by atoms with Crippen LogP contribution in [0.4, 0.5) is 0 Å². The second kappa shape index (κ2) is 6.83. The number of ether oxygens (including phenoxy) is 1. The lowest BCUT2D eigenvalue weighted by atomic mass is 10.1. The predicted molar refractivity (Wildman–Crippen MR) is 72.7 cm³/mol. The van der Waals surface area contributed by atoms with Crippen LogP contribution in [0.3, 0.4) is 0 Å². The molecule has 0 saturated carbocycles. The third-order valence-electron chi connectivity index (χ3n) is 2.86. The number of rotatable bonds is 6.